The van der Waals surface area contributed by atoms with Gasteiger partial charge >= 0.3 is 5.97 Å². The minimum absolute atomic E-state index is 0.193. The largest absolute Gasteiger partial charge is 0.465 e. The van der Waals surface area contributed by atoms with Gasteiger partial charge in [-0.1, -0.05) is 18.6 Å². The number of nitrogens with zero attached hydrogens (tertiary/aromatic N) is 2. The number of esters is 1. The molecule has 4 rings (SSSR count). The highest BCUT2D eigenvalue weighted by Gasteiger charge is 2.37. The van der Waals surface area contributed by atoms with Gasteiger partial charge in [-0.2, -0.15) is 4.31 Å². The van der Waals surface area contributed by atoms with Crippen molar-refractivity contribution >= 4 is 27.3 Å². The molecule has 1 fully saturated rings. The van der Waals surface area contributed by atoms with E-state index in [1.807, 2.05) is 0 Å². The van der Waals surface area contributed by atoms with Crippen LogP contribution in [0.25, 0.3) is 0 Å². The summed E-state index contributed by atoms with van der Waals surface area (Å²) in [6.07, 6.45) is 11.5. The number of carbonyl (C=O) groups excluding carboxylic acids is 1. The van der Waals surface area contributed by atoms with Gasteiger partial charge in [-0.3, -0.25) is 4.90 Å². The molecule has 0 bridgehead atoms. The molecule has 1 aromatic heterocycles. The molecular weight excluding hydrogens is 408 g/mol. The molecule has 0 amide bonds. The van der Waals surface area contributed by atoms with Gasteiger partial charge in [-0.05, 0) is 50.0 Å². The molecule has 0 saturated carbocycles. The Morgan fingerprint density at radius 2 is 2.00 bits per heavy atom. The summed E-state index contributed by atoms with van der Waals surface area (Å²) in [5.74, 6) is 0.141. The quantitative estimate of drug-likeness (QED) is 0.521. The predicted octanol–water partition coefficient (Wildman–Crippen LogP) is 3.42. The lowest BCUT2D eigenvalue weighted by Gasteiger charge is -2.31. The minimum Gasteiger partial charge on any atom is -0.465 e. The van der Waals surface area contributed by atoms with E-state index in [-0.39, 0.29) is 4.21 Å². The van der Waals surface area contributed by atoms with Crippen molar-refractivity contribution in [2.24, 2.45) is 5.92 Å². The molecule has 0 spiro atoms. The van der Waals surface area contributed by atoms with Crippen LogP contribution in [0.1, 0.15) is 59.3 Å². The van der Waals surface area contributed by atoms with E-state index in [4.69, 9.17) is 4.74 Å². The second-order valence-electron chi connectivity index (χ2n) is 8.26. The van der Waals surface area contributed by atoms with Gasteiger partial charge in [0, 0.05) is 37.6 Å². The van der Waals surface area contributed by atoms with Crippen LogP contribution in [0.3, 0.4) is 0 Å². The van der Waals surface area contributed by atoms with Gasteiger partial charge in [0.25, 0.3) is 10.0 Å². The van der Waals surface area contributed by atoms with Crippen LogP contribution >= 0.6 is 11.3 Å². The van der Waals surface area contributed by atoms with Crippen molar-refractivity contribution in [1.82, 2.24) is 9.21 Å². The molecule has 3 aliphatic rings. The third kappa shape index (κ3) is 4.31. The number of fused-ring (bicyclic) bond motifs is 1. The molecule has 160 valence electrons. The lowest BCUT2D eigenvalue weighted by molar-refractivity contribution is 0.0595. The number of hydrogen-bond donors (Lipinski definition) is 0. The van der Waals surface area contributed by atoms with Crippen LogP contribution in [-0.4, -0.2) is 56.9 Å². The van der Waals surface area contributed by atoms with Gasteiger partial charge in [0.15, 0.2) is 0 Å². The standard InChI is InChI=1S/C21H30N2O4S2/c1-27-20(24)19-17-10-13-22(14-16-8-4-2-5-9-16)15-18(17)28-21(19)29(25,26)23-11-6-3-7-12-23/h2,4,16H,3,5-15H2,1H3. The number of carbonyl (C=O) groups is 1. The Hall–Kier alpha value is -1.22. The first-order chi connectivity index (χ1) is 14.0. The number of rotatable bonds is 5. The Bertz CT molecular complexity index is 885. The molecule has 1 aromatic rings. The summed E-state index contributed by atoms with van der Waals surface area (Å²) in [5.41, 5.74) is 1.18. The highest BCUT2D eigenvalue weighted by molar-refractivity contribution is 7.91. The van der Waals surface area contributed by atoms with Crippen molar-refractivity contribution in [3.05, 3.63) is 28.2 Å². The number of methoxy groups -OCH3 is 1. The number of thiophene rings is 1. The van der Waals surface area contributed by atoms with Gasteiger partial charge < -0.3 is 4.74 Å². The second kappa shape index (κ2) is 8.88. The van der Waals surface area contributed by atoms with Gasteiger partial charge in [-0.15, -0.1) is 11.3 Å². The summed E-state index contributed by atoms with van der Waals surface area (Å²) in [5, 5.41) is 0. The van der Waals surface area contributed by atoms with Crippen LogP contribution in [0.2, 0.25) is 0 Å². The summed E-state index contributed by atoms with van der Waals surface area (Å²) in [6, 6.07) is 0. The van der Waals surface area contributed by atoms with Crippen LogP contribution in [0.5, 0.6) is 0 Å². The van der Waals surface area contributed by atoms with E-state index in [0.717, 1.165) is 62.2 Å². The fourth-order valence-electron chi connectivity index (χ4n) is 4.69. The summed E-state index contributed by atoms with van der Waals surface area (Å²) < 4.78 is 33.4. The third-order valence-electron chi connectivity index (χ3n) is 6.28. The first-order valence-electron chi connectivity index (χ1n) is 10.6. The molecule has 1 atom stereocenters. The van der Waals surface area contributed by atoms with Crippen molar-refractivity contribution in [2.45, 2.75) is 55.7 Å². The zero-order valence-electron chi connectivity index (χ0n) is 17.1. The van der Waals surface area contributed by atoms with Crippen LogP contribution in [-0.2, 0) is 27.7 Å². The Balaban J connectivity index is 1.62. The van der Waals surface area contributed by atoms with Crippen molar-refractivity contribution in [3.8, 4) is 0 Å². The van der Waals surface area contributed by atoms with E-state index in [1.54, 1.807) is 4.31 Å². The normalized spacial score (nSPS) is 23.7. The maximum atomic E-state index is 13.4. The lowest BCUT2D eigenvalue weighted by atomic mass is 9.93. The first kappa shape index (κ1) is 21.0. The lowest BCUT2D eigenvalue weighted by Crippen LogP contribution is -2.36. The fraction of sp³-hybridized carbons (Fsp3) is 0.667. The topological polar surface area (TPSA) is 66.9 Å². The van der Waals surface area contributed by atoms with E-state index in [0.29, 0.717) is 31.0 Å². The molecule has 1 unspecified atom stereocenters. The number of sulfonamides is 1. The van der Waals surface area contributed by atoms with E-state index in [1.165, 1.54) is 24.9 Å². The van der Waals surface area contributed by atoms with E-state index in [2.05, 4.69) is 17.1 Å². The zero-order chi connectivity index (χ0) is 20.4. The van der Waals surface area contributed by atoms with Gasteiger partial charge in [0.05, 0.1) is 12.7 Å². The van der Waals surface area contributed by atoms with Gasteiger partial charge in [-0.25, -0.2) is 13.2 Å². The van der Waals surface area contributed by atoms with Crippen LogP contribution in [0.4, 0.5) is 0 Å². The highest BCUT2D eigenvalue weighted by atomic mass is 32.2. The van der Waals surface area contributed by atoms with Crippen molar-refractivity contribution in [2.75, 3.05) is 33.3 Å². The minimum atomic E-state index is -3.66. The van der Waals surface area contributed by atoms with E-state index in [9.17, 15) is 13.2 Å². The zero-order valence-corrected chi connectivity index (χ0v) is 18.7. The number of hydrogen-bond acceptors (Lipinski definition) is 6. The average molecular weight is 439 g/mol. The Morgan fingerprint density at radius 3 is 2.69 bits per heavy atom. The Kier molecular flexibility index (Phi) is 6.44. The number of piperidine rings is 1. The molecule has 1 aliphatic carbocycles. The van der Waals surface area contributed by atoms with Crippen molar-refractivity contribution in [3.63, 3.8) is 0 Å². The van der Waals surface area contributed by atoms with Gasteiger partial charge in [0.1, 0.15) is 4.21 Å². The second-order valence-corrected chi connectivity index (χ2v) is 11.5. The summed E-state index contributed by atoms with van der Waals surface area (Å²) >= 11 is 1.29. The molecule has 6 nitrogen and oxygen atoms in total. The Morgan fingerprint density at radius 1 is 1.21 bits per heavy atom. The van der Waals surface area contributed by atoms with Crippen molar-refractivity contribution < 1.29 is 17.9 Å². The summed E-state index contributed by atoms with van der Waals surface area (Å²) in [4.78, 5) is 16.0. The van der Waals surface area contributed by atoms with Crippen LogP contribution in [0.15, 0.2) is 16.4 Å². The van der Waals surface area contributed by atoms with Gasteiger partial charge in [0.2, 0.25) is 0 Å². The average Bonchev–Trinajstić information content (AvgIpc) is 3.14. The number of allylic oxidation sites excluding steroid dienone is 2. The molecule has 8 heteroatoms. The molecule has 0 N–H and O–H groups in total. The Labute approximate surface area is 177 Å². The van der Waals surface area contributed by atoms with Crippen LogP contribution in [0, 0.1) is 5.92 Å². The highest BCUT2D eigenvalue weighted by Crippen LogP contribution is 2.39. The summed E-state index contributed by atoms with van der Waals surface area (Å²) in [6.45, 7) is 3.68. The molecular formula is C21H30N2O4S2. The molecule has 0 radical (unpaired) electrons. The molecule has 1 saturated heterocycles. The maximum Gasteiger partial charge on any atom is 0.340 e. The van der Waals surface area contributed by atoms with E-state index >= 15 is 0 Å². The smallest absolute Gasteiger partial charge is 0.340 e. The first-order valence-corrected chi connectivity index (χ1v) is 12.9. The molecule has 3 heterocycles. The predicted molar refractivity (Wildman–Crippen MR) is 114 cm³/mol. The maximum absolute atomic E-state index is 13.4. The third-order valence-corrected chi connectivity index (χ3v) is 9.89. The monoisotopic (exact) mass is 438 g/mol. The SMILES string of the molecule is COC(=O)c1c(S(=O)(=O)N2CCCCC2)sc2c1CCN(CC1CC=CCC1)C2. The summed E-state index contributed by atoms with van der Waals surface area (Å²) in [7, 11) is -2.33. The molecule has 29 heavy (non-hydrogen) atoms. The molecule has 0 aromatic carbocycles. The fourth-order valence-corrected chi connectivity index (χ4v) is 8.27. The number of ether oxygens (including phenoxy) is 1. The molecule has 2 aliphatic heterocycles. The van der Waals surface area contributed by atoms with Crippen LogP contribution < -0.4 is 0 Å². The van der Waals surface area contributed by atoms with Crippen molar-refractivity contribution in [1.29, 1.82) is 0 Å². The van der Waals surface area contributed by atoms with E-state index < -0.39 is 16.0 Å².